The first-order chi connectivity index (χ1) is 10.5. The lowest BCUT2D eigenvalue weighted by Crippen LogP contribution is -2.06. The predicted octanol–water partition coefficient (Wildman–Crippen LogP) is 4.83. The molecule has 1 unspecified atom stereocenters. The van der Waals surface area contributed by atoms with Gasteiger partial charge in [0.15, 0.2) is 5.52 Å². The van der Waals surface area contributed by atoms with E-state index in [1.807, 2.05) is 43.3 Å². The second-order valence-electron chi connectivity index (χ2n) is 5.62. The van der Waals surface area contributed by atoms with Gasteiger partial charge in [-0.05, 0) is 50.5 Å². The van der Waals surface area contributed by atoms with Crippen LogP contribution in [0.4, 0.5) is 0 Å². The van der Waals surface area contributed by atoms with E-state index in [0.29, 0.717) is 23.1 Å². The summed E-state index contributed by atoms with van der Waals surface area (Å²) in [5.41, 5.74) is 1.61. The topological polar surface area (TPSA) is 26.3 Å². The van der Waals surface area contributed by atoms with Gasteiger partial charge in [-0.15, -0.1) is 0 Å². The third-order valence-electron chi connectivity index (χ3n) is 3.14. The zero-order valence-electron chi connectivity index (χ0n) is 13.0. The van der Waals surface area contributed by atoms with Crippen molar-refractivity contribution in [3.05, 3.63) is 58.6 Å². The first-order valence-electron chi connectivity index (χ1n) is 7.26. The highest BCUT2D eigenvalue weighted by Gasteiger charge is 2.13. The van der Waals surface area contributed by atoms with Gasteiger partial charge in [0.1, 0.15) is 5.75 Å². The number of benzene rings is 2. The van der Waals surface area contributed by atoms with Crippen molar-refractivity contribution in [1.29, 1.82) is 0 Å². The van der Waals surface area contributed by atoms with Crippen molar-refractivity contribution in [2.24, 2.45) is 5.92 Å². The SMILES string of the molecule is Cc1cccc(Cl)c1C(=O)Pc1ccc(OCC(C)C)cc1. The van der Waals surface area contributed by atoms with Crippen LogP contribution in [0.25, 0.3) is 0 Å². The van der Waals surface area contributed by atoms with Crippen molar-refractivity contribution in [2.75, 3.05) is 6.61 Å². The van der Waals surface area contributed by atoms with E-state index in [4.69, 9.17) is 16.3 Å². The van der Waals surface area contributed by atoms with Crippen LogP contribution in [0.2, 0.25) is 5.02 Å². The standard InChI is InChI=1S/C18H20ClO2P/c1-12(2)11-21-14-7-9-15(10-8-14)22-18(20)17-13(3)5-4-6-16(17)19/h4-10,12,22H,11H2,1-3H3. The second kappa shape index (κ2) is 7.76. The van der Waals surface area contributed by atoms with Gasteiger partial charge in [0.25, 0.3) is 0 Å². The van der Waals surface area contributed by atoms with E-state index in [2.05, 4.69) is 13.8 Å². The Morgan fingerprint density at radius 1 is 1.18 bits per heavy atom. The fourth-order valence-electron chi connectivity index (χ4n) is 2.01. The van der Waals surface area contributed by atoms with Gasteiger partial charge in [-0.2, -0.15) is 0 Å². The Morgan fingerprint density at radius 3 is 2.45 bits per heavy atom. The normalized spacial score (nSPS) is 11.3. The lowest BCUT2D eigenvalue weighted by Gasteiger charge is -2.10. The molecule has 22 heavy (non-hydrogen) atoms. The highest BCUT2D eigenvalue weighted by Crippen LogP contribution is 2.27. The maximum atomic E-state index is 12.5. The van der Waals surface area contributed by atoms with Crippen LogP contribution in [0.1, 0.15) is 29.8 Å². The molecule has 0 spiro atoms. The molecule has 2 nitrogen and oxygen atoms in total. The van der Waals surface area contributed by atoms with Crippen molar-refractivity contribution in [1.82, 2.24) is 0 Å². The molecule has 1 atom stereocenters. The molecular weight excluding hydrogens is 315 g/mol. The number of carbonyl (C=O) groups excluding carboxylic acids is 1. The smallest absolute Gasteiger partial charge is 0.187 e. The quantitative estimate of drug-likeness (QED) is 0.707. The zero-order chi connectivity index (χ0) is 16.1. The van der Waals surface area contributed by atoms with Crippen LogP contribution >= 0.6 is 20.2 Å². The van der Waals surface area contributed by atoms with Gasteiger partial charge in [-0.3, -0.25) is 4.79 Å². The van der Waals surface area contributed by atoms with E-state index in [0.717, 1.165) is 16.6 Å². The Balaban J connectivity index is 2.06. The zero-order valence-corrected chi connectivity index (χ0v) is 14.8. The summed E-state index contributed by atoms with van der Waals surface area (Å²) in [4.78, 5) is 12.5. The van der Waals surface area contributed by atoms with E-state index in [1.165, 1.54) is 0 Å². The van der Waals surface area contributed by atoms with Crippen LogP contribution < -0.4 is 10.0 Å². The summed E-state index contributed by atoms with van der Waals surface area (Å²) in [6.07, 6.45) is 0. The van der Waals surface area contributed by atoms with Gasteiger partial charge < -0.3 is 4.74 Å². The lowest BCUT2D eigenvalue weighted by atomic mass is 10.1. The fourth-order valence-corrected chi connectivity index (χ4v) is 3.45. The van der Waals surface area contributed by atoms with Crippen LogP contribution in [0, 0.1) is 12.8 Å². The molecule has 0 saturated carbocycles. The molecule has 0 aliphatic carbocycles. The minimum Gasteiger partial charge on any atom is -0.493 e. The number of rotatable bonds is 6. The Hall–Kier alpha value is -1.37. The molecule has 0 radical (unpaired) electrons. The minimum absolute atomic E-state index is 0.0633. The first-order valence-corrected chi connectivity index (χ1v) is 8.64. The van der Waals surface area contributed by atoms with Gasteiger partial charge >= 0.3 is 0 Å². The highest BCUT2D eigenvalue weighted by molar-refractivity contribution is 7.66. The number of aryl methyl sites for hydroxylation is 1. The van der Waals surface area contributed by atoms with Gasteiger partial charge in [-0.1, -0.05) is 49.7 Å². The Labute approximate surface area is 138 Å². The molecule has 2 rings (SSSR count). The number of hydrogen-bond donors (Lipinski definition) is 0. The average Bonchev–Trinajstić information content (AvgIpc) is 2.46. The van der Waals surface area contributed by atoms with Crippen molar-refractivity contribution in [3.8, 4) is 5.75 Å². The third kappa shape index (κ3) is 4.56. The lowest BCUT2D eigenvalue weighted by molar-refractivity contribution is 0.108. The van der Waals surface area contributed by atoms with Crippen LogP contribution in [0.5, 0.6) is 5.75 Å². The molecule has 2 aromatic rings. The molecule has 0 aliphatic heterocycles. The number of ether oxygens (including phenoxy) is 1. The van der Waals surface area contributed by atoms with E-state index < -0.39 is 0 Å². The van der Waals surface area contributed by atoms with Crippen molar-refractivity contribution in [2.45, 2.75) is 20.8 Å². The molecule has 0 aliphatic rings. The minimum atomic E-state index is 0.0633. The maximum absolute atomic E-state index is 12.5. The van der Waals surface area contributed by atoms with Gasteiger partial charge in [0.05, 0.1) is 11.6 Å². The summed E-state index contributed by atoms with van der Waals surface area (Å²) in [6, 6.07) is 13.2. The van der Waals surface area contributed by atoms with Gasteiger partial charge in [0, 0.05) is 5.56 Å². The highest BCUT2D eigenvalue weighted by atomic mass is 35.5. The summed E-state index contributed by atoms with van der Waals surface area (Å²) < 4.78 is 5.65. The van der Waals surface area contributed by atoms with Crippen molar-refractivity contribution >= 4 is 31.0 Å². The predicted molar refractivity (Wildman–Crippen MR) is 95.2 cm³/mol. The average molecular weight is 335 g/mol. The molecule has 0 aromatic heterocycles. The maximum Gasteiger partial charge on any atom is 0.187 e. The summed E-state index contributed by atoms with van der Waals surface area (Å²) in [6.45, 7) is 6.83. The van der Waals surface area contributed by atoms with Gasteiger partial charge in [-0.25, -0.2) is 0 Å². The first kappa shape index (κ1) is 17.0. The van der Waals surface area contributed by atoms with Gasteiger partial charge in [0.2, 0.25) is 0 Å². The number of carbonyl (C=O) groups is 1. The largest absolute Gasteiger partial charge is 0.493 e. The molecule has 0 N–H and O–H groups in total. The Morgan fingerprint density at radius 2 is 1.86 bits per heavy atom. The molecule has 0 fully saturated rings. The molecule has 116 valence electrons. The molecule has 0 heterocycles. The van der Waals surface area contributed by atoms with E-state index in [-0.39, 0.29) is 14.1 Å². The van der Waals surface area contributed by atoms with Crippen LogP contribution in [0.3, 0.4) is 0 Å². The summed E-state index contributed by atoms with van der Waals surface area (Å²) >= 11 is 6.15. The molecule has 0 bridgehead atoms. The molecule has 0 saturated heterocycles. The molecule has 2 aromatic carbocycles. The van der Waals surface area contributed by atoms with Crippen molar-refractivity contribution < 1.29 is 9.53 Å². The van der Waals surface area contributed by atoms with E-state index >= 15 is 0 Å². The monoisotopic (exact) mass is 334 g/mol. The molecular formula is C18H20ClO2P. The Bertz CT molecular complexity index is 630. The second-order valence-corrected chi connectivity index (χ2v) is 7.30. The Kier molecular flexibility index (Phi) is 5.99. The molecule has 4 heteroatoms. The number of hydrogen-bond acceptors (Lipinski definition) is 2. The summed E-state index contributed by atoms with van der Waals surface area (Å²) in [5, 5.41) is 1.51. The summed E-state index contributed by atoms with van der Waals surface area (Å²) in [5.74, 6) is 1.33. The van der Waals surface area contributed by atoms with Crippen LogP contribution in [-0.4, -0.2) is 12.1 Å². The fraction of sp³-hybridized carbons (Fsp3) is 0.278. The van der Waals surface area contributed by atoms with E-state index in [1.54, 1.807) is 6.07 Å². The molecule has 0 amide bonds. The van der Waals surface area contributed by atoms with E-state index in [9.17, 15) is 4.79 Å². The van der Waals surface area contributed by atoms with Crippen molar-refractivity contribution in [3.63, 3.8) is 0 Å². The van der Waals surface area contributed by atoms with Crippen LogP contribution in [-0.2, 0) is 0 Å². The summed E-state index contributed by atoms with van der Waals surface area (Å²) in [7, 11) is 0.0633. The number of halogens is 1. The van der Waals surface area contributed by atoms with Crippen LogP contribution in [0.15, 0.2) is 42.5 Å². The third-order valence-corrected chi connectivity index (χ3v) is 4.56.